The normalized spacial score (nSPS) is 13.0. The minimum absolute atomic E-state index is 0.0728. The third-order valence-electron chi connectivity index (χ3n) is 5.40. The fourth-order valence-electron chi connectivity index (χ4n) is 3.51. The Kier molecular flexibility index (Phi) is 7.39. The van der Waals surface area contributed by atoms with Crippen LogP contribution in [0.3, 0.4) is 0 Å². The van der Waals surface area contributed by atoms with Crippen LogP contribution < -0.4 is 4.72 Å². The van der Waals surface area contributed by atoms with E-state index in [4.69, 9.17) is 0 Å². The quantitative estimate of drug-likeness (QED) is 0.548. The lowest BCUT2D eigenvalue weighted by atomic mass is 9.87. The molecule has 3 rings (SSSR count). The van der Waals surface area contributed by atoms with E-state index in [-0.39, 0.29) is 16.2 Å². The Morgan fingerprint density at radius 1 is 1.06 bits per heavy atom. The number of hydrogen-bond acceptors (Lipinski definition) is 4. The molecule has 1 aromatic heterocycles. The fourth-order valence-corrected chi connectivity index (χ4v) is 4.71. The Labute approximate surface area is 196 Å². The van der Waals surface area contributed by atoms with Gasteiger partial charge in [-0.15, -0.1) is 0 Å². The maximum Gasteiger partial charge on any atom is 0.241 e. The lowest BCUT2D eigenvalue weighted by molar-refractivity contribution is -0.131. The highest BCUT2D eigenvalue weighted by Crippen LogP contribution is 2.23. The largest absolute Gasteiger partial charge is 0.340 e. The molecular formula is C25H32N4O3S. The summed E-state index contributed by atoms with van der Waals surface area (Å²) in [5.41, 5.74) is 2.97. The Morgan fingerprint density at radius 2 is 1.70 bits per heavy atom. The zero-order valence-corrected chi connectivity index (χ0v) is 20.6. The van der Waals surface area contributed by atoms with Gasteiger partial charge in [0.25, 0.3) is 0 Å². The lowest BCUT2D eigenvalue weighted by Crippen LogP contribution is -2.45. The molecule has 0 aliphatic heterocycles. The van der Waals surface area contributed by atoms with Gasteiger partial charge in [-0.05, 0) is 35.6 Å². The average Bonchev–Trinajstić information content (AvgIpc) is 3.19. The maximum atomic E-state index is 12.8. The number of hydrogen-bond donors (Lipinski definition) is 1. The van der Waals surface area contributed by atoms with Gasteiger partial charge >= 0.3 is 0 Å². The molecular weight excluding hydrogens is 436 g/mol. The van der Waals surface area contributed by atoms with Crippen LogP contribution >= 0.6 is 0 Å². The van der Waals surface area contributed by atoms with Gasteiger partial charge in [-0.3, -0.25) is 9.48 Å². The summed E-state index contributed by atoms with van der Waals surface area (Å²) in [5, 5.41) is 4.36. The van der Waals surface area contributed by atoms with Crippen molar-refractivity contribution in [1.29, 1.82) is 0 Å². The first-order valence-corrected chi connectivity index (χ1v) is 12.4. The first kappa shape index (κ1) is 24.7. The minimum Gasteiger partial charge on any atom is -0.340 e. The summed E-state index contributed by atoms with van der Waals surface area (Å²) < 4.78 is 29.9. The zero-order valence-electron chi connectivity index (χ0n) is 19.8. The van der Waals surface area contributed by atoms with E-state index < -0.39 is 16.1 Å². The third-order valence-corrected chi connectivity index (χ3v) is 6.96. The monoisotopic (exact) mass is 468 g/mol. The molecule has 0 radical (unpaired) electrons. The molecule has 0 saturated heterocycles. The molecule has 0 bridgehead atoms. The van der Waals surface area contributed by atoms with Gasteiger partial charge in [0, 0.05) is 25.4 Å². The summed E-state index contributed by atoms with van der Waals surface area (Å²) in [6.45, 7) is 8.73. The summed E-state index contributed by atoms with van der Waals surface area (Å²) in [5.74, 6) is -0.319. The molecule has 0 saturated carbocycles. The van der Waals surface area contributed by atoms with Gasteiger partial charge in [0.15, 0.2) is 0 Å². The molecule has 7 nitrogen and oxygen atoms in total. The third kappa shape index (κ3) is 6.52. The Bertz CT molecular complexity index is 1180. The van der Waals surface area contributed by atoms with E-state index in [0.717, 1.165) is 16.7 Å². The summed E-state index contributed by atoms with van der Waals surface area (Å²) in [4.78, 5) is 14.5. The van der Waals surface area contributed by atoms with Crippen molar-refractivity contribution in [3.63, 3.8) is 0 Å². The minimum atomic E-state index is -3.82. The van der Waals surface area contributed by atoms with Crippen LogP contribution in [0.4, 0.5) is 0 Å². The lowest BCUT2D eigenvalue weighted by Gasteiger charge is -2.22. The number of nitrogens with one attached hydrogen (secondary N) is 1. The van der Waals surface area contributed by atoms with Crippen molar-refractivity contribution in [3.05, 3.63) is 83.7 Å². The van der Waals surface area contributed by atoms with Gasteiger partial charge in [-0.1, -0.05) is 63.2 Å². The molecule has 1 atom stereocenters. The van der Waals surface area contributed by atoms with Crippen LogP contribution in [0.25, 0.3) is 0 Å². The second-order valence-corrected chi connectivity index (χ2v) is 11.1. The number of carbonyl (C=O) groups excluding carboxylic acids is 1. The molecule has 1 heterocycles. The van der Waals surface area contributed by atoms with Crippen LogP contribution in [-0.4, -0.2) is 42.1 Å². The Balaban J connectivity index is 1.60. The summed E-state index contributed by atoms with van der Waals surface area (Å²) in [6, 6.07) is 15.8. The number of aromatic nitrogens is 2. The molecule has 176 valence electrons. The fraction of sp³-hybridized carbons (Fsp3) is 0.360. The molecule has 1 N–H and O–H groups in total. The second kappa shape index (κ2) is 9.89. The van der Waals surface area contributed by atoms with Crippen LogP contribution in [0, 0.1) is 0 Å². The van der Waals surface area contributed by atoms with Gasteiger partial charge in [0.05, 0.1) is 23.7 Å². The van der Waals surface area contributed by atoms with E-state index in [2.05, 4.69) is 30.6 Å². The number of nitrogens with zero attached hydrogens (tertiary/aromatic N) is 3. The Hall–Kier alpha value is -2.97. The molecule has 0 spiro atoms. The molecule has 0 fully saturated rings. The van der Waals surface area contributed by atoms with Gasteiger partial charge in [-0.25, -0.2) is 8.42 Å². The molecule has 0 unspecified atom stereocenters. The smallest absolute Gasteiger partial charge is 0.241 e. The summed E-state index contributed by atoms with van der Waals surface area (Å²) >= 11 is 0. The highest BCUT2D eigenvalue weighted by molar-refractivity contribution is 7.89. The highest BCUT2D eigenvalue weighted by atomic mass is 32.2. The number of carbonyl (C=O) groups is 1. The first-order valence-electron chi connectivity index (χ1n) is 10.9. The maximum absolute atomic E-state index is 12.8. The van der Waals surface area contributed by atoms with Crippen LogP contribution in [0.1, 0.15) is 44.4 Å². The second-order valence-electron chi connectivity index (χ2n) is 9.34. The van der Waals surface area contributed by atoms with E-state index in [9.17, 15) is 13.2 Å². The molecule has 0 aliphatic rings. The van der Waals surface area contributed by atoms with Gasteiger partial charge in [0.1, 0.15) is 0 Å². The summed E-state index contributed by atoms with van der Waals surface area (Å²) in [6.07, 6.45) is 3.61. The van der Waals surface area contributed by atoms with Crippen molar-refractivity contribution < 1.29 is 13.2 Å². The van der Waals surface area contributed by atoms with Gasteiger partial charge in [-0.2, -0.15) is 9.82 Å². The number of amides is 1. The molecule has 0 aliphatic carbocycles. The van der Waals surface area contributed by atoms with E-state index >= 15 is 0 Å². The van der Waals surface area contributed by atoms with Crippen LogP contribution in [0.2, 0.25) is 0 Å². The summed E-state index contributed by atoms with van der Waals surface area (Å²) in [7, 11) is -2.17. The molecule has 3 aromatic rings. The average molecular weight is 469 g/mol. The van der Waals surface area contributed by atoms with Gasteiger partial charge < -0.3 is 4.90 Å². The van der Waals surface area contributed by atoms with Crippen molar-refractivity contribution >= 4 is 15.9 Å². The van der Waals surface area contributed by atoms with Crippen LogP contribution in [0.15, 0.2) is 71.9 Å². The van der Waals surface area contributed by atoms with E-state index in [0.29, 0.717) is 13.1 Å². The van der Waals surface area contributed by atoms with Crippen molar-refractivity contribution in [3.8, 4) is 0 Å². The zero-order chi connectivity index (χ0) is 24.2. The van der Waals surface area contributed by atoms with Crippen molar-refractivity contribution in [2.75, 3.05) is 7.05 Å². The number of rotatable bonds is 8. The highest BCUT2D eigenvalue weighted by Gasteiger charge is 2.25. The van der Waals surface area contributed by atoms with E-state index in [1.165, 1.54) is 4.90 Å². The van der Waals surface area contributed by atoms with E-state index in [1.807, 2.05) is 41.2 Å². The molecule has 8 heteroatoms. The van der Waals surface area contributed by atoms with Crippen molar-refractivity contribution in [1.82, 2.24) is 19.4 Å². The Morgan fingerprint density at radius 3 is 2.30 bits per heavy atom. The van der Waals surface area contributed by atoms with E-state index in [1.54, 1.807) is 44.4 Å². The predicted octanol–water partition coefficient (Wildman–Crippen LogP) is 3.55. The predicted molar refractivity (Wildman–Crippen MR) is 129 cm³/mol. The van der Waals surface area contributed by atoms with Gasteiger partial charge in [0.2, 0.25) is 15.9 Å². The van der Waals surface area contributed by atoms with Crippen molar-refractivity contribution in [2.24, 2.45) is 0 Å². The van der Waals surface area contributed by atoms with Crippen LogP contribution in [-0.2, 0) is 33.3 Å². The molecule has 1 amide bonds. The SMILES string of the molecule is C[C@H](NS(=O)(=O)c1ccc(C(C)(C)C)cc1)C(=O)N(C)Cc1cnn(Cc2ccccc2)c1. The number of likely N-dealkylation sites (N-methyl/N-ethyl adjacent to an activating group) is 1. The molecule has 2 aromatic carbocycles. The molecule has 33 heavy (non-hydrogen) atoms. The van der Waals surface area contributed by atoms with Crippen molar-refractivity contribution in [2.45, 2.75) is 57.1 Å². The standard InChI is InChI=1S/C25H32N4O3S/c1-19(27-33(31,32)23-13-11-22(12-14-23)25(2,3)4)24(30)28(5)16-21-15-26-29(18-21)17-20-9-7-6-8-10-20/h6-15,18-19,27H,16-17H2,1-5H3/t19-/m0/s1. The van der Waals surface area contributed by atoms with Crippen LogP contribution in [0.5, 0.6) is 0 Å². The topological polar surface area (TPSA) is 84.3 Å². The number of sulfonamides is 1. The number of benzene rings is 2. The first-order chi connectivity index (χ1) is 15.5.